The van der Waals surface area contributed by atoms with Crippen molar-refractivity contribution in [3.63, 3.8) is 0 Å². The summed E-state index contributed by atoms with van der Waals surface area (Å²) in [7, 11) is -3.75. The molecule has 0 spiro atoms. The van der Waals surface area contributed by atoms with E-state index in [1.165, 1.54) is 12.1 Å². The van der Waals surface area contributed by atoms with Crippen molar-refractivity contribution in [1.82, 2.24) is 4.72 Å². The van der Waals surface area contributed by atoms with E-state index in [1.807, 2.05) is 6.07 Å². The number of carbonyl (C=O) groups excluding carboxylic acids is 1. The zero-order valence-electron chi connectivity index (χ0n) is 12.3. The number of amides is 1. The van der Waals surface area contributed by atoms with Crippen LogP contribution in [0.15, 0.2) is 18.2 Å². The molecule has 0 bridgehead atoms. The van der Waals surface area contributed by atoms with Crippen molar-refractivity contribution in [3.05, 3.63) is 34.9 Å². The summed E-state index contributed by atoms with van der Waals surface area (Å²) in [6.07, 6.45) is 2.20. The lowest BCUT2D eigenvalue weighted by Gasteiger charge is -2.22. The molecule has 22 heavy (non-hydrogen) atoms. The van der Waals surface area contributed by atoms with Gasteiger partial charge in [0.05, 0.1) is 23.5 Å². The monoisotopic (exact) mass is 322 g/mol. The molecule has 1 heterocycles. The molecule has 6 nitrogen and oxygen atoms in total. The highest BCUT2D eigenvalue weighted by Gasteiger charge is 2.24. The molecule has 1 N–H and O–H groups in total. The number of sulfonamides is 1. The number of nitrogens with zero attached hydrogens (tertiary/aromatic N) is 1. The zero-order valence-corrected chi connectivity index (χ0v) is 13.1. The molecular weight excluding hydrogens is 304 g/mol. The molecule has 0 aromatic heterocycles. The van der Waals surface area contributed by atoms with Crippen LogP contribution in [-0.4, -0.2) is 32.8 Å². The zero-order chi connectivity index (χ0) is 16.2. The SMILES string of the molecule is Cc1cc(C#N)ccc1C(=O)NS(=O)(=O)C[C@H]1CCCCO1. The van der Waals surface area contributed by atoms with Crippen LogP contribution < -0.4 is 4.72 Å². The van der Waals surface area contributed by atoms with Gasteiger partial charge in [-0.3, -0.25) is 4.79 Å². The molecule has 0 saturated carbocycles. The van der Waals surface area contributed by atoms with Crippen LogP contribution in [0.2, 0.25) is 0 Å². The van der Waals surface area contributed by atoms with E-state index in [0.717, 1.165) is 12.8 Å². The predicted molar refractivity (Wildman–Crippen MR) is 80.7 cm³/mol. The minimum Gasteiger partial charge on any atom is -0.377 e. The Bertz CT molecular complexity index is 701. The van der Waals surface area contributed by atoms with Crippen molar-refractivity contribution in [2.75, 3.05) is 12.4 Å². The van der Waals surface area contributed by atoms with E-state index in [0.29, 0.717) is 24.2 Å². The smallest absolute Gasteiger partial charge is 0.264 e. The molecule has 1 amide bonds. The number of benzene rings is 1. The molecule has 7 heteroatoms. The van der Waals surface area contributed by atoms with Crippen molar-refractivity contribution >= 4 is 15.9 Å². The maximum Gasteiger partial charge on any atom is 0.264 e. The van der Waals surface area contributed by atoms with Crippen LogP contribution in [0.3, 0.4) is 0 Å². The van der Waals surface area contributed by atoms with Gasteiger partial charge in [-0.15, -0.1) is 0 Å². The molecule has 1 fully saturated rings. The van der Waals surface area contributed by atoms with E-state index in [-0.39, 0.29) is 17.4 Å². The fourth-order valence-electron chi connectivity index (χ4n) is 2.41. The summed E-state index contributed by atoms with van der Waals surface area (Å²) in [4.78, 5) is 12.1. The first-order chi connectivity index (χ1) is 10.4. The predicted octanol–water partition coefficient (Wildman–Crippen LogP) is 1.50. The van der Waals surface area contributed by atoms with Gasteiger partial charge in [0.15, 0.2) is 0 Å². The van der Waals surface area contributed by atoms with E-state index in [1.54, 1.807) is 13.0 Å². The van der Waals surface area contributed by atoms with Crippen LogP contribution in [0.25, 0.3) is 0 Å². The van der Waals surface area contributed by atoms with Crippen LogP contribution in [-0.2, 0) is 14.8 Å². The normalized spacial score (nSPS) is 18.5. The van der Waals surface area contributed by atoms with Crippen LogP contribution in [0.4, 0.5) is 0 Å². The Morgan fingerprint density at radius 2 is 2.23 bits per heavy atom. The van der Waals surface area contributed by atoms with Gasteiger partial charge < -0.3 is 4.74 Å². The summed E-state index contributed by atoms with van der Waals surface area (Å²) in [6, 6.07) is 6.46. The highest BCUT2D eigenvalue weighted by molar-refractivity contribution is 7.90. The van der Waals surface area contributed by atoms with E-state index in [2.05, 4.69) is 4.72 Å². The molecule has 0 unspecified atom stereocenters. The second kappa shape index (κ2) is 6.90. The van der Waals surface area contributed by atoms with Crippen molar-refractivity contribution in [2.24, 2.45) is 0 Å². The lowest BCUT2D eigenvalue weighted by molar-refractivity contribution is 0.0304. The van der Waals surface area contributed by atoms with Crippen molar-refractivity contribution in [2.45, 2.75) is 32.3 Å². The largest absolute Gasteiger partial charge is 0.377 e. The lowest BCUT2D eigenvalue weighted by atomic mass is 10.1. The quantitative estimate of drug-likeness (QED) is 0.906. The first kappa shape index (κ1) is 16.5. The van der Waals surface area contributed by atoms with Crippen molar-refractivity contribution in [1.29, 1.82) is 5.26 Å². The summed E-state index contributed by atoms with van der Waals surface area (Å²) in [5.74, 6) is -0.897. The molecule has 1 aliphatic rings. The number of ether oxygens (including phenoxy) is 1. The van der Waals surface area contributed by atoms with Gasteiger partial charge in [0, 0.05) is 12.2 Å². The van der Waals surface area contributed by atoms with Gasteiger partial charge >= 0.3 is 0 Å². The van der Waals surface area contributed by atoms with E-state index < -0.39 is 15.9 Å². The summed E-state index contributed by atoms with van der Waals surface area (Å²) in [6.45, 7) is 2.22. The van der Waals surface area contributed by atoms with Gasteiger partial charge in [0.25, 0.3) is 5.91 Å². The first-order valence-corrected chi connectivity index (χ1v) is 8.74. The van der Waals surface area contributed by atoms with Gasteiger partial charge in [-0.05, 0) is 49.9 Å². The molecule has 2 rings (SSSR count). The first-order valence-electron chi connectivity index (χ1n) is 7.08. The van der Waals surface area contributed by atoms with Crippen LogP contribution in [0, 0.1) is 18.3 Å². The summed E-state index contributed by atoms with van der Waals surface area (Å²) in [5.41, 5.74) is 1.22. The highest BCUT2D eigenvalue weighted by Crippen LogP contribution is 2.15. The molecule has 1 atom stereocenters. The number of carbonyl (C=O) groups is 1. The molecule has 1 aromatic rings. The van der Waals surface area contributed by atoms with Crippen LogP contribution >= 0.6 is 0 Å². The topological polar surface area (TPSA) is 96.3 Å². The lowest BCUT2D eigenvalue weighted by Crippen LogP contribution is -2.38. The fraction of sp³-hybridized carbons (Fsp3) is 0.467. The standard InChI is InChI=1S/C15H18N2O4S/c1-11-8-12(9-16)5-6-14(11)15(18)17-22(19,20)10-13-4-2-3-7-21-13/h5-6,8,13H,2-4,7,10H2,1H3,(H,17,18)/t13-/m1/s1. The van der Waals surface area contributed by atoms with Gasteiger partial charge in [0.2, 0.25) is 10.0 Å². The number of nitrogens with one attached hydrogen (secondary N) is 1. The fourth-order valence-corrected chi connectivity index (χ4v) is 3.64. The maximum absolute atomic E-state index is 12.1. The van der Waals surface area contributed by atoms with E-state index in [9.17, 15) is 13.2 Å². The Morgan fingerprint density at radius 1 is 1.45 bits per heavy atom. The third-order valence-electron chi connectivity index (χ3n) is 3.53. The Hall–Kier alpha value is -1.91. The molecule has 0 radical (unpaired) electrons. The second-order valence-corrected chi connectivity index (χ2v) is 7.11. The second-order valence-electron chi connectivity index (χ2n) is 5.34. The summed E-state index contributed by atoms with van der Waals surface area (Å²) >= 11 is 0. The average Bonchev–Trinajstić information content (AvgIpc) is 2.46. The van der Waals surface area contributed by atoms with Crippen LogP contribution in [0.1, 0.15) is 40.7 Å². The van der Waals surface area contributed by atoms with Gasteiger partial charge in [-0.2, -0.15) is 5.26 Å². The van der Waals surface area contributed by atoms with Gasteiger partial charge in [0.1, 0.15) is 0 Å². The number of aryl methyl sites for hydroxylation is 1. The summed E-state index contributed by atoms with van der Waals surface area (Å²) < 4.78 is 31.6. The third-order valence-corrected chi connectivity index (χ3v) is 4.83. The van der Waals surface area contributed by atoms with Crippen LogP contribution in [0.5, 0.6) is 0 Å². The molecule has 118 valence electrons. The summed E-state index contributed by atoms with van der Waals surface area (Å²) in [5, 5.41) is 8.80. The average molecular weight is 322 g/mol. The number of nitriles is 1. The minimum absolute atomic E-state index is 0.214. The van der Waals surface area contributed by atoms with Gasteiger partial charge in [-0.25, -0.2) is 13.1 Å². The number of hydrogen-bond acceptors (Lipinski definition) is 5. The Kier molecular flexibility index (Phi) is 5.16. The van der Waals surface area contributed by atoms with Gasteiger partial charge in [-0.1, -0.05) is 0 Å². The third kappa shape index (κ3) is 4.29. The molecule has 1 aromatic carbocycles. The molecule has 1 saturated heterocycles. The van der Waals surface area contributed by atoms with Crippen molar-refractivity contribution in [3.8, 4) is 6.07 Å². The number of hydrogen-bond donors (Lipinski definition) is 1. The number of rotatable bonds is 4. The molecular formula is C15H18N2O4S. The Morgan fingerprint density at radius 3 is 2.82 bits per heavy atom. The Labute approximate surface area is 130 Å². The van der Waals surface area contributed by atoms with Crippen molar-refractivity contribution < 1.29 is 17.9 Å². The van der Waals surface area contributed by atoms with E-state index >= 15 is 0 Å². The molecule has 0 aliphatic carbocycles. The Balaban J connectivity index is 2.05. The molecule has 1 aliphatic heterocycles. The maximum atomic E-state index is 12.1. The van der Waals surface area contributed by atoms with E-state index in [4.69, 9.17) is 10.00 Å². The minimum atomic E-state index is -3.75. The highest BCUT2D eigenvalue weighted by atomic mass is 32.2.